The van der Waals surface area contributed by atoms with Gasteiger partial charge in [-0.15, -0.1) is 0 Å². The molecule has 0 radical (unpaired) electrons. The van der Waals surface area contributed by atoms with Crippen LogP contribution >= 0.6 is 0 Å². The summed E-state index contributed by atoms with van der Waals surface area (Å²) in [6.07, 6.45) is 1.51. The first-order valence-electron chi connectivity index (χ1n) is 9.22. The maximum absolute atomic E-state index is 12.7. The van der Waals surface area contributed by atoms with Crippen LogP contribution < -0.4 is 9.64 Å². The van der Waals surface area contributed by atoms with Crippen molar-refractivity contribution in [1.82, 2.24) is 4.98 Å². The van der Waals surface area contributed by atoms with Crippen LogP contribution in [0, 0.1) is 11.3 Å². The monoisotopic (exact) mass is 395 g/mol. The highest BCUT2D eigenvalue weighted by Crippen LogP contribution is 2.37. The molecule has 0 amide bonds. The second-order valence-electron chi connectivity index (χ2n) is 7.06. The minimum atomic E-state index is -2.92. The van der Waals surface area contributed by atoms with Crippen molar-refractivity contribution in [1.29, 1.82) is 5.26 Å². The number of anilines is 1. The molecule has 1 atom stereocenters. The number of benzene rings is 2. The van der Waals surface area contributed by atoms with Gasteiger partial charge in [0, 0.05) is 18.1 Å². The Labute approximate surface area is 167 Å². The molecule has 29 heavy (non-hydrogen) atoms. The Morgan fingerprint density at radius 3 is 2.76 bits per heavy atom. The molecule has 1 aromatic heterocycles. The minimum Gasteiger partial charge on any atom is -0.435 e. The number of alkyl halides is 2. The molecule has 1 aliphatic heterocycles. The number of nitriles is 1. The van der Waals surface area contributed by atoms with Crippen LogP contribution in [0.3, 0.4) is 0 Å². The fraction of sp³-hybridized carbons (Fsp3) is 0.273. The van der Waals surface area contributed by atoms with Gasteiger partial charge in [0.15, 0.2) is 0 Å². The topological polar surface area (TPSA) is 58.4 Å². The Balaban J connectivity index is 1.80. The van der Waals surface area contributed by atoms with Gasteiger partial charge < -0.3 is 14.4 Å². The number of pyridine rings is 1. The van der Waals surface area contributed by atoms with Crippen LogP contribution in [0.1, 0.15) is 18.1 Å². The van der Waals surface area contributed by atoms with Crippen molar-refractivity contribution in [2.24, 2.45) is 0 Å². The molecule has 2 aromatic carbocycles. The van der Waals surface area contributed by atoms with Gasteiger partial charge in [-0.2, -0.15) is 14.0 Å². The molecule has 0 aliphatic carbocycles. The smallest absolute Gasteiger partial charge is 0.387 e. The molecule has 2 heterocycles. The highest BCUT2D eigenvalue weighted by molar-refractivity contribution is 5.95. The first kappa shape index (κ1) is 19.1. The average Bonchev–Trinajstić information content (AvgIpc) is 2.73. The van der Waals surface area contributed by atoms with Crippen LogP contribution in [0.2, 0.25) is 0 Å². The summed E-state index contributed by atoms with van der Waals surface area (Å²) in [4.78, 5) is 6.36. The van der Waals surface area contributed by atoms with Crippen LogP contribution in [0.25, 0.3) is 10.9 Å². The van der Waals surface area contributed by atoms with E-state index in [0.717, 1.165) is 5.56 Å². The lowest BCUT2D eigenvalue weighted by Gasteiger charge is -2.42. The van der Waals surface area contributed by atoms with Gasteiger partial charge in [-0.25, -0.2) is 0 Å². The summed E-state index contributed by atoms with van der Waals surface area (Å²) in [5, 5.41) is 10.3. The van der Waals surface area contributed by atoms with Crippen molar-refractivity contribution < 1.29 is 18.3 Å². The molecule has 1 unspecified atom stereocenters. The van der Waals surface area contributed by atoms with Crippen LogP contribution in [0.5, 0.6) is 5.75 Å². The molecular weight excluding hydrogens is 376 g/mol. The van der Waals surface area contributed by atoms with E-state index in [1.165, 1.54) is 18.3 Å². The van der Waals surface area contributed by atoms with E-state index in [-0.39, 0.29) is 5.75 Å². The zero-order valence-corrected chi connectivity index (χ0v) is 15.8. The Morgan fingerprint density at radius 2 is 2.03 bits per heavy atom. The number of rotatable bonds is 4. The van der Waals surface area contributed by atoms with Gasteiger partial charge in [-0.1, -0.05) is 30.3 Å². The van der Waals surface area contributed by atoms with Gasteiger partial charge in [0.2, 0.25) is 0 Å². The van der Waals surface area contributed by atoms with E-state index in [0.29, 0.717) is 41.9 Å². The third kappa shape index (κ3) is 3.71. The fourth-order valence-corrected chi connectivity index (χ4v) is 3.78. The van der Waals surface area contributed by atoms with Crippen molar-refractivity contribution in [2.45, 2.75) is 19.1 Å². The first-order valence-corrected chi connectivity index (χ1v) is 9.22. The van der Waals surface area contributed by atoms with Gasteiger partial charge in [-0.3, -0.25) is 4.98 Å². The van der Waals surface area contributed by atoms with E-state index in [2.05, 4.69) is 20.7 Å². The summed E-state index contributed by atoms with van der Waals surface area (Å²) < 4.78 is 36.0. The molecule has 5 nitrogen and oxygen atoms in total. The molecule has 7 heteroatoms. The van der Waals surface area contributed by atoms with Crippen molar-refractivity contribution in [3.63, 3.8) is 0 Å². The van der Waals surface area contributed by atoms with Crippen LogP contribution in [0.15, 0.2) is 54.7 Å². The molecule has 0 bridgehead atoms. The van der Waals surface area contributed by atoms with E-state index in [4.69, 9.17) is 4.74 Å². The Morgan fingerprint density at radius 1 is 1.24 bits per heavy atom. The number of nitrogens with zero attached hydrogens (tertiary/aromatic N) is 3. The lowest BCUT2D eigenvalue weighted by atomic mass is 9.93. The van der Waals surface area contributed by atoms with Crippen LogP contribution in [-0.2, 0) is 10.3 Å². The highest BCUT2D eigenvalue weighted by atomic mass is 19.3. The lowest BCUT2D eigenvalue weighted by Crippen LogP contribution is -2.48. The number of hydrogen-bond donors (Lipinski definition) is 0. The molecule has 0 spiro atoms. The molecule has 1 aliphatic rings. The number of hydrogen-bond acceptors (Lipinski definition) is 5. The fourth-order valence-electron chi connectivity index (χ4n) is 3.78. The van der Waals surface area contributed by atoms with Gasteiger partial charge in [0.05, 0.1) is 29.9 Å². The van der Waals surface area contributed by atoms with E-state index in [1.54, 1.807) is 6.07 Å². The van der Waals surface area contributed by atoms with E-state index in [9.17, 15) is 14.0 Å². The predicted octanol–water partition coefficient (Wildman–Crippen LogP) is 4.46. The summed E-state index contributed by atoms with van der Waals surface area (Å²) in [5.41, 5.74) is 2.10. The maximum atomic E-state index is 12.7. The van der Waals surface area contributed by atoms with E-state index >= 15 is 0 Å². The largest absolute Gasteiger partial charge is 0.435 e. The van der Waals surface area contributed by atoms with Crippen molar-refractivity contribution in [3.8, 4) is 11.8 Å². The summed E-state index contributed by atoms with van der Waals surface area (Å²) in [6.45, 7) is 0.622. The molecule has 4 rings (SSSR count). The van der Waals surface area contributed by atoms with Gasteiger partial charge in [0.1, 0.15) is 17.4 Å². The van der Waals surface area contributed by atoms with Crippen molar-refractivity contribution >= 4 is 16.6 Å². The maximum Gasteiger partial charge on any atom is 0.387 e. The van der Waals surface area contributed by atoms with Gasteiger partial charge in [0.25, 0.3) is 0 Å². The zero-order valence-electron chi connectivity index (χ0n) is 15.8. The molecule has 0 saturated carbocycles. The number of halogens is 2. The van der Waals surface area contributed by atoms with Crippen molar-refractivity contribution in [3.05, 3.63) is 65.9 Å². The third-order valence-electron chi connectivity index (χ3n) is 5.13. The molecule has 148 valence electrons. The molecule has 1 fully saturated rings. The second-order valence-corrected chi connectivity index (χ2v) is 7.06. The quantitative estimate of drug-likeness (QED) is 0.653. The van der Waals surface area contributed by atoms with Crippen LogP contribution in [0.4, 0.5) is 14.5 Å². The Hall–Kier alpha value is -3.24. The van der Waals surface area contributed by atoms with Gasteiger partial charge in [-0.05, 0) is 30.7 Å². The summed E-state index contributed by atoms with van der Waals surface area (Å²) in [6, 6.07) is 16.6. The second kappa shape index (κ2) is 7.64. The normalized spacial score (nSPS) is 19.3. The Bertz CT molecular complexity index is 1070. The third-order valence-corrected chi connectivity index (χ3v) is 5.13. The predicted molar refractivity (Wildman–Crippen MR) is 105 cm³/mol. The highest BCUT2D eigenvalue weighted by Gasteiger charge is 2.35. The lowest BCUT2D eigenvalue weighted by molar-refractivity contribution is -0.0497. The number of fused-ring (bicyclic) bond motifs is 1. The summed E-state index contributed by atoms with van der Waals surface area (Å²) in [7, 11) is 0. The summed E-state index contributed by atoms with van der Waals surface area (Å²) in [5.74, 6) is 0.0321. The van der Waals surface area contributed by atoms with Gasteiger partial charge >= 0.3 is 6.61 Å². The molecule has 3 aromatic rings. The van der Waals surface area contributed by atoms with E-state index in [1.807, 2.05) is 37.3 Å². The summed E-state index contributed by atoms with van der Waals surface area (Å²) >= 11 is 0. The average molecular weight is 395 g/mol. The molecule has 1 saturated heterocycles. The minimum absolute atomic E-state index is 0.0321. The molecular formula is C22H19F2N3O2. The van der Waals surface area contributed by atoms with E-state index < -0.39 is 12.2 Å². The van der Waals surface area contributed by atoms with Crippen LogP contribution in [-0.4, -0.2) is 31.3 Å². The van der Waals surface area contributed by atoms with Crippen molar-refractivity contribution in [2.75, 3.05) is 24.6 Å². The zero-order chi connectivity index (χ0) is 20.4. The standard InChI is InChI=1S/C22H19F2N3O2/c1-22(16-5-3-2-4-6-16)14-27(9-10-28-22)20-15(12-25)13-26-19-8-7-17(11-18(19)20)29-21(23)24/h2-8,11,13,21H,9-10,14H2,1H3. The first-order chi connectivity index (χ1) is 14.0. The number of aromatic nitrogens is 1. The Kier molecular flexibility index (Phi) is 5.03. The number of ether oxygens (including phenoxy) is 2. The molecule has 0 N–H and O–H groups in total. The number of morpholine rings is 1. The SMILES string of the molecule is CC1(c2ccccc2)CN(c2c(C#N)cnc3ccc(OC(F)F)cc23)CCO1.